The van der Waals surface area contributed by atoms with E-state index < -0.39 is 16.9 Å². The first-order valence-corrected chi connectivity index (χ1v) is 4.17. The summed E-state index contributed by atoms with van der Waals surface area (Å²) in [7, 11) is 0. The Morgan fingerprint density at radius 2 is 2.09 bits per heavy atom. The lowest BCUT2D eigenvalue weighted by molar-refractivity contribution is -0.144. The third-order valence-electron chi connectivity index (χ3n) is 0.774. The summed E-state index contributed by atoms with van der Waals surface area (Å²) in [5.41, 5.74) is 0. The minimum Gasteiger partial charge on any atom is -0.461 e. The molecule has 1 N–H and O–H groups in total. The summed E-state index contributed by atoms with van der Waals surface area (Å²) >= 11 is 15.5. The van der Waals surface area contributed by atoms with Crippen LogP contribution in [-0.2, 0) is 9.53 Å². The Hall–Kier alpha value is 0.300. The average molecular weight is 221 g/mol. The summed E-state index contributed by atoms with van der Waals surface area (Å²) in [6, 6.07) is 0. The smallest absolute Gasteiger partial charge is 0.339 e. The van der Waals surface area contributed by atoms with E-state index in [1.165, 1.54) is 0 Å². The number of alkyl halides is 3. The molecular formula is C5H7Cl3O3. The number of halogens is 3. The fourth-order valence-corrected chi connectivity index (χ4v) is 0.501. The fourth-order valence-electron chi connectivity index (χ4n) is 0.286. The monoisotopic (exact) mass is 220 g/mol. The van der Waals surface area contributed by atoms with Crippen molar-refractivity contribution in [1.29, 1.82) is 0 Å². The Morgan fingerprint density at radius 3 is 2.45 bits per heavy atom. The van der Waals surface area contributed by atoms with Gasteiger partial charge in [0.25, 0.3) is 0 Å². The summed E-state index contributed by atoms with van der Waals surface area (Å²) < 4.78 is 4.42. The maximum atomic E-state index is 10.5. The number of hydrogen-bond acceptors (Lipinski definition) is 3. The molecule has 0 heterocycles. The number of aliphatic hydroxyl groups excluding tert-OH is 1. The van der Waals surface area contributed by atoms with Crippen LogP contribution in [0.5, 0.6) is 0 Å². The van der Waals surface area contributed by atoms with E-state index in [1.807, 2.05) is 0 Å². The highest BCUT2D eigenvalue weighted by molar-refractivity contribution is 6.52. The second kappa shape index (κ2) is 5.89. The number of ether oxygens (including phenoxy) is 1. The summed E-state index contributed by atoms with van der Waals surface area (Å²) in [6.45, 7) is -0.182. The number of esters is 1. The first-order chi connectivity index (χ1) is 5.07. The van der Waals surface area contributed by atoms with Gasteiger partial charge in [-0.25, -0.2) is 4.79 Å². The van der Waals surface area contributed by atoms with Crippen LogP contribution in [0.4, 0.5) is 0 Å². The van der Waals surface area contributed by atoms with Gasteiger partial charge in [0.1, 0.15) is 12.7 Å². The fraction of sp³-hybridized carbons (Fsp3) is 0.800. The molecule has 0 amide bonds. The molecule has 0 unspecified atom stereocenters. The number of rotatable bonds is 4. The standard InChI is InChI=1S/C5H7Cl3O3/c6-1-3(9)2-11-5(10)4(7)8/h3-4,9H,1-2H2/t3-/m1/s1. The van der Waals surface area contributed by atoms with Gasteiger partial charge >= 0.3 is 5.97 Å². The van der Waals surface area contributed by atoms with Gasteiger partial charge in [-0.05, 0) is 0 Å². The Labute approximate surface area is 79.2 Å². The molecular weight excluding hydrogens is 214 g/mol. The molecule has 0 saturated carbocycles. The summed E-state index contributed by atoms with van der Waals surface area (Å²) in [6.07, 6.45) is -0.868. The number of carbonyl (C=O) groups is 1. The predicted molar refractivity (Wildman–Crippen MR) is 43.2 cm³/mol. The van der Waals surface area contributed by atoms with Gasteiger partial charge in [-0.3, -0.25) is 0 Å². The van der Waals surface area contributed by atoms with Crippen LogP contribution in [0.1, 0.15) is 0 Å². The molecule has 0 aliphatic rings. The third kappa shape index (κ3) is 5.56. The molecule has 0 aliphatic heterocycles. The van der Waals surface area contributed by atoms with E-state index >= 15 is 0 Å². The van der Waals surface area contributed by atoms with Crippen LogP contribution < -0.4 is 0 Å². The first kappa shape index (κ1) is 11.3. The zero-order chi connectivity index (χ0) is 8.85. The zero-order valence-corrected chi connectivity index (χ0v) is 7.73. The summed E-state index contributed by atoms with van der Waals surface area (Å²) in [5, 5.41) is 8.79. The molecule has 3 nitrogen and oxygen atoms in total. The largest absolute Gasteiger partial charge is 0.461 e. The van der Waals surface area contributed by atoms with Gasteiger partial charge in [0.15, 0.2) is 0 Å². The van der Waals surface area contributed by atoms with Gasteiger partial charge in [0, 0.05) is 0 Å². The Balaban J connectivity index is 3.46. The Morgan fingerprint density at radius 1 is 1.55 bits per heavy atom. The second-order valence-electron chi connectivity index (χ2n) is 1.74. The van der Waals surface area contributed by atoms with E-state index in [4.69, 9.17) is 39.9 Å². The van der Waals surface area contributed by atoms with Crippen molar-refractivity contribution in [3.63, 3.8) is 0 Å². The molecule has 0 saturated heterocycles. The van der Waals surface area contributed by atoms with Crippen molar-refractivity contribution in [2.45, 2.75) is 10.9 Å². The van der Waals surface area contributed by atoms with Crippen molar-refractivity contribution >= 4 is 40.8 Å². The van der Waals surface area contributed by atoms with Gasteiger partial charge in [-0.1, -0.05) is 23.2 Å². The lowest BCUT2D eigenvalue weighted by Crippen LogP contribution is -2.22. The minimum atomic E-state index is -1.21. The molecule has 66 valence electrons. The van der Waals surface area contributed by atoms with E-state index in [2.05, 4.69) is 4.74 Å². The minimum absolute atomic E-state index is 0.00250. The summed E-state index contributed by atoms with van der Waals surface area (Å²) in [5.74, 6) is -0.778. The van der Waals surface area contributed by atoms with Crippen molar-refractivity contribution in [3.05, 3.63) is 0 Å². The molecule has 0 bridgehead atoms. The normalized spacial score (nSPS) is 13.2. The highest BCUT2D eigenvalue weighted by Crippen LogP contribution is 2.04. The van der Waals surface area contributed by atoms with Gasteiger partial charge < -0.3 is 9.84 Å². The highest BCUT2D eigenvalue weighted by atomic mass is 35.5. The van der Waals surface area contributed by atoms with Crippen LogP contribution >= 0.6 is 34.8 Å². The van der Waals surface area contributed by atoms with Crippen molar-refractivity contribution in [3.8, 4) is 0 Å². The highest BCUT2D eigenvalue weighted by Gasteiger charge is 2.14. The Bertz CT molecular complexity index is 128. The molecule has 0 aromatic rings. The molecule has 0 rings (SSSR count). The van der Waals surface area contributed by atoms with E-state index in [9.17, 15) is 4.79 Å². The van der Waals surface area contributed by atoms with Crippen LogP contribution in [0.15, 0.2) is 0 Å². The van der Waals surface area contributed by atoms with Crippen molar-refractivity contribution in [1.82, 2.24) is 0 Å². The first-order valence-electron chi connectivity index (χ1n) is 2.76. The van der Waals surface area contributed by atoms with Crippen molar-refractivity contribution in [2.75, 3.05) is 12.5 Å². The van der Waals surface area contributed by atoms with E-state index in [0.29, 0.717) is 0 Å². The van der Waals surface area contributed by atoms with Crippen LogP contribution in [0.2, 0.25) is 0 Å². The summed E-state index contributed by atoms with van der Waals surface area (Å²) in [4.78, 5) is 9.31. The number of hydrogen-bond donors (Lipinski definition) is 1. The molecule has 0 radical (unpaired) electrons. The lowest BCUT2D eigenvalue weighted by atomic mass is 10.4. The van der Waals surface area contributed by atoms with E-state index in [1.54, 1.807) is 0 Å². The molecule has 1 atom stereocenters. The maximum absolute atomic E-state index is 10.5. The lowest BCUT2D eigenvalue weighted by Gasteiger charge is -2.07. The quantitative estimate of drug-likeness (QED) is 0.567. The third-order valence-corrected chi connectivity index (χ3v) is 1.49. The number of aliphatic hydroxyl groups is 1. The van der Waals surface area contributed by atoms with E-state index in [-0.39, 0.29) is 12.5 Å². The van der Waals surface area contributed by atoms with Crippen LogP contribution in [0.25, 0.3) is 0 Å². The predicted octanol–water partition coefficient (Wildman–Crippen LogP) is 0.933. The van der Waals surface area contributed by atoms with Gasteiger partial charge in [-0.2, -0.15) is 0 Å². The molecule has 0 fully saturated rings. The molecule has 0 aromatic heterocycles. The molecule has 0 spiro atoms. The SMILES string of the molecule is O=C(OC[C@H](O)CCl)C(Cl)Cl. The Kier molecular flexibility index (Phi) is 6.05. The van der Waals surface area contributed by atoms with Gasteiger partial charge in [0.2, 0.25) is 4.84 Å². The average Bonchev–Trinajstić information content (AvgIpc) is 1.99. The van der Waals surface area contributed by atoms with Crippen LogP contribution in [0.3, 0.4) is 0 Å². The van der Waals surface area contributed by atoms with Crippen molar-refractivity contribution in [2.24, 2.45) is 0 Å². The molecule has 6 heteroatoms. The number of carbonyl (C=O) groups excluding carboxylic acids is 1. The van der Waals surface area contributed by atoms with Gasteiger partial charge in [-0.15, -0.1) is 11.6 Å². The second-order valence-corrected chi connectivity index (χ2v) is 3.14. The maximum Gasteiger partial charge on any atom is 0.339 e. The van der Waals surface area contributed by atoms with Gasteiger partial charge in [0.05, 0.1) is 5.88 Å². The van der Waals surface area contributed by atoms with Crippen molar-refractivity contribution < 1.29 is 14.6 Å². The zero-order valence-electron chi connectivity index (χ0n) is 5.47. The van der Waals surface area contributed by atoms with Crippen LogP contribution in [0, 0.1) is 0 Å². The molecule has 0 aliphatic carbocycles. The van der Waals surface area contributed by atoms with E-state index in [0.717, 1.165) is 0 Å². The molecule has 11 heavy (non-hydrogen) atoms. The topological polar surface area (TPSA) is 46.5 Å². The molecule has 0 aromatic carbocycles. The van der Waals surface area contributed by atoms with Crippen LogP contribution in [-0.4, -0.2) is 34.5 Å².